The van der Waals surface area contributed by atoms with Crippen molar-refractivity contribution in [3.05, 3.63) is 0 Å². The molecule has 0 aliphatic rings. The van der Waals surface area contributed by atoms with E-state index in [2.05, 4.69) is 0 Å². The van der Waals surface area contributed by atoms with Crippen molar-refractivity contribution in [2.75, 3.05) is 0 Å². The molecular formula is C9H18O3. The molecule has 0 saturated heterocycles. The van der Waals surface area contributed by atoms with Crippen LogP contribution in [0.3, 0.4) is 0 Å². The molecule has 0 spiro atoms. The van der Waals surface area contributed by atoms with Gasteiger partial charge in [-0.05, 0) is 19.8 Å². The van der Waals surface area contributed by atoms with Crippen LogP contribution in [-0.4, -0.2) is 21.8 Å². The Labute approximate surface area is 73.4 Å². The van der Waals surface area contributed by atoms with Crippen LogP contribution >= 0.6 is 0 Å². The second-order valence-corrected chi connectivity index (χ2v) is 3.41. The molecule has 72 valence electrons. The summed E-state index contributed by atoms with van der Waals surface area (Å²) in [5.41, 5.74) is -1.06. The summed E-state index contributed by atoms with van der Waals surface area (Å²) in [4.78, 5) is 10.7. The first kappa shape index (κ1) is 11.4. The highest BCUT2D eigenvalue weighted by molar-refractivity contribution is 5.71. The Balaban J connectivity index is 4.36. The maximum atomic E-state index is 10.7. The Morgan fingerprint density at radius 3 is 2.25 bits per heavy atom. The summed E-state index contributed by atoms with van der Waals surface area (Å²) < 4.78 is 0. The average Bonchev–Trinajstić information content (AvgIpc) is 1.86. The van der Waals surface area contributed by atoms with E-state index in [0.29, 0.717) is 12.8 Å². The van der Waals surface area contributed by atoms with Crippen molar-refractivity contribution in [1.29, 1.82) is 0 Å². The van der Waals surface area contributed by atoms with E-state index < -0.39 is 17.5 Å². The summed E-state index contributed by atoms with van der Waals surface area (Å²) in [5, 5.41) is 18.5. The predicted octanol–water partition coefficient (Wildman–Crippen LogP) is 1.65. The fourth-order valence-electron chi connectivity index (χ4n) is 1.56. The van der Waals surface area contributed by atoms with E-state index in [1.807, 2.05) is 6.92 Å². The van der Waals surface area contributed by atoms with Gasteiger partial charge in [-0.3, -0.25) is 4.79 Å². The normalized spacial score (nSPS) is 18.3. The van der Waals surface area contributed by atoms with Crippen molar-refractivity contribution >= 4 is 5.97 Å². The van der Waals surface area contributed by atoms with Gasteiger partial charge in [-0.15, -0.1) is 0 Å². The lowest BCUT2D eigenvalue weighted by Gasteiger charge is -2.28. The zero-order valence-corrected chi connectivity index (χ0v) is 8.00. The molecule has 0 heterocycles. The average molecular weight is 174 g/mol. The monoisotopic (exact) mass is 174 g/mol. The summed E-state index contributed by atoms with van der Waals surface area (Å²) >= 11 is 0. The van der Waals surface area contributed by atoms with E-state index in [0.717, 1.165) is 6.42 Å². The zero-order chi connectivity index (χ0) is 9.78. The van der Waals surface area contributed by atoms with Crippen LogP contribution in [0.1, 0.15) is 40.0 Å². The van der Waals surface area contributed by atoms with E-state index >= 15 is 0 Å². The molecule has 0 aromatic carbocycles. The van der Waals surface area contributed by atoms with Gasteiger partial charge in [-0.1, -0.05) is 20.3 Å². The number of aliphatic carboxylic acids is 1. The van der Waals surface area contributed by atoms with Gasteiger partial charge in [0.25, 0.3) is 0 Å². The van der Waals surface area contributed by atoms with Crippen molar-refractivity contribution in [2.24, 2.45) is 5.92 Å². The molecule has 0 amide bonds. The van der Waals surface area contributed by atoms with Gasteiger partial charge in [0.05, 0.1) is 11.5 Å². The molecule has 0 saturated carbocycles. The molecule has 3 heteroatoms. The van der Waals surface area contributed by atoms with Crippen molar-refractivity contribution < 1.29 is 15.0 Å². The second-order valence-electron chi connectivity index (χ2n) is 3.41. The van der Waals surface area contributed by atoms with Crippen LogP contribution < -0.4 is 0 Å². The van der Waals surface area contributed by atoms with Gasteiger partial charge >= 0.3 is 5.97 Å². The van der Waals surface area contributed by atoms with Crippen molar-refractivity contribution in [3.63, 3.8) is 0 Å². The quantitative estimate of drug-likeness (QED) is 0.666. The number of rotatable bonds is 5. The molecular weight excluding hydrogens is 156 g/mol. The summed E-state index contributed by atoms with van der Waals surface area (Å²) in [6.45, 7) is 5.31. The molecule has 0 bridgehead atoms. The van der Waals surface area contributed by atoms with Crippen molar-refractivity contribution in [3.8, 4) is 0 Å². The molecule has 12 heavy (non-hydrogen) atoms. The van der Waals surface area contributed by atoms with E-state index in [1.54, 1.807) is 13.8 Å². The van der Waals surface area contributed by atoms with Gasteiger partial charge in [-0.2, -0.15) is 0 Å². The molecule has 3 nitrogen and oxygen atoms in total. The highest BCUT2D eigenvalue weighted by Crippen LogP contribution is 2.25. The largest absolute Gasteiger partial charge is 0.481 e. The predicted molar refractivity (Wildman–Crippen MR) is 46.9 cm³/mol. The molecule has 2 unspecified atom stereocenters. The van der Waals surface area contributed by atoms with E-state index in [1.165, 1.54) is 0 Å². The first-order valence-electron chi connectivity index (χ1n) is 4.40. The lowest BCUT2D eigenvalue weighted by Crippen LogP contribution is -2.39. The van der Waals surface area contributed by atoms with Gasteiger partial charge in [0, 0.05) is 0 Å². The lowest BCUT2D eigenvalue weighted by atomic mass is 9.84. The SMILES string of the molecule is CCCC(C)(O)C(CC)C(=O)O. The molecule has 0 fully saturated rings. The van der Waals surface area contributed by atoms with Gasteiger partial charge in [-0.25, -0.2) is 0 Å². The first-order valence-corrected chi connectivity index (χ1v) is 4.40. The summed E-state index contributed by atoms with van der Waals surface area (Å²) in [7, 11) is 0. The molecule has 0 aromatic rings. The topological polar surface area (TPSA) is 57.5 Å². The Kier molecular flexibility index (Phi) is 4.24. The Hall–Kier alpha value is -0.570. The van der Waals surface area contributed by atoms with Crippen LogP contribution in [-0.2, 0) is 4.79 Å². The standard InChI is InChI=1S/C9H18O3/c1-4-6-9(3,12)7(5-2)8(10)11/h7,12H,4-6H2,1-3H3,(H,10,11). The molecule has 0 rings (SSSR count). The Morgan fingerprint density at radius 1 is 1.50 bits per heavy atom. The molecule has 0 aromatic heterocycles. The highest BCUT2D eigenvalue weighted by Gasteiger charge is 2.34. The van der Waals surface area contributed by atoms with Crippen LogP contribution in [0, 0.1) is 5.92 Å². The van der Waals surface area contributed by atoms with Crippen LogP contribution in [0.2, 0.25) is 0 Å². The van der Waals surface area contributed by atoms with Crippen LogP contribution in [0.5, 0.6) is 0 Å². The van der Waals surface area contributed by atoms with E-state index in [-0.39, 0.29) is 0 Å². The summed E-state index contributed by atoms with van der Waals surface area (Å²) in [6, 6.07) is 0. The minimum Gasteiger partial charge on any atom is -0.481 e. The van der Waals surface area contributed by atoms with Crippen LogP contribution in [0.4, 0.5) is 0 Å². The molecule has 2 atom stereocenters. The Morgan fingerprint density at radius 2 is 2.00 bits per heavy atom. The number of aliphatic hydroxyl groups is 1. The van der Waals surface area contributed by atoms with E-state index in [4.69, 9.17) is 5.11 Å². The third-order valence-electron chi connectivity index (χ3n) is 2.21. The lowest BCUT2D eigenvalue weighted by molar-refractivity contribution is -0.151. The van der Waals surface area contributed by atoms with Gasteiger partial charge in [0.15, 0.2) is 0 Å². The summed E-state index contributed by atoms with van der Waals surface area (Å²) in [5.74, 6) is -1.55. The van der Waals surface area contributed by atoms with Crippen LogP contribution in [0.25, 0.3) is 0 Å². The number of carboxylic acids is 1. The zero-order valence-electron chi connectivity index (χ0n) is 8.00. The maximum Gasteiger partial charge on any atom is 0.309 e. The second kappa shape index (κ2) is 4.45. The smallest absolute Gasteiger partial charge is 0.309 e. The van der Waals surface area contributed by atoms with Gasteiger partial charge in [0.1, 0.15) is 0 Å². The minimum absolute atomic E-state index is 0.475. The highest BCUT2D eigenvalue weighted by atomic mass is 16.4. The third-order valence-corrected chi connectivity index (χ3v) is 2.21. The number of hydrogen-bond donors (Lipinski definition) is 2. The molecule has 0 aliphatic heterocycles. The van der Waals surface area contributed by atoms with Gasteiger partial charge < -0.3 is 10.2 Å². The summed E-state index contributed by atoms with van der Waals surface area (Å²) in [6.07, 6.45) is 1.82. The number of hydrogen-bond acceptors (Lipinski definition) is 2. The van der Waals surface area contributed by atoms with E-state index in [9.17, 15) is 9.90 Å². The molecule has 0 aliphatic carbocycles. The number of carbonyl (C=O) groups is 1. The van der Waals surface area contributed by atoms with Crippen molar-refractivity contribution in [1.82, 2.24) is 0 Å². The molecule has 2 N–H and O–H groups in total. The minimum atomic E-state index is -1.06. The van der Waals surface area contributed by atoms with Gasteiger partial charge in [0.2, 0.25) is 0 Å². The third kappa shape index (κ3) is 2.81. The van der Waals surface area contributed by atoms with Crippen LogP contribution in [0.15, 0.2) is 0 Å². The fourth-order valence-corrected chi connectivity index (χ4v) is 1.56. The fraction of sp³-hybridized carbons (Fsp3) is 0.889. The molecule has 0 radical (unpaired) electrons. The maximum absolute atomic E-state index is 10.7. The Bertz CT molecular complexity index is 152. The van der Waals surface area contributed by atoms with Crippen molar-refractivity contribution in [2.45, 2.75) is 45.6 Å². The number of carboxylic acid groups (broad SMARTS) is 1. The first-order chi connectivity index (χ1) is 5.45.